The van der Waals surface area contributed by atoms with E-state index in [9.17, 15) is 17.6 Å². The molecule has 22 heavy (non-hydrogen) atoms. The summed E-state index contributed by atoms with van der Waals surface area (Å²) in [6, 6.07) is 6.16. The summed E-state index contributed by atoms with van der Waals surface area (Å²) in [4.78, 5) is 11.7. The minimum Gasteiger partial charge on any atom is -0.355 e. The third-order valence-electron chi connectivity index (χ3n) is 3.67. The number of halogens is 1. The molecule has 5 nitrogen and oxygen atoms in total. The molecule has 0 atom stereocenters. The first-order valence-corrected chi connectivity index (χ1v) is 9.07. The van der Waals surface area contributed by atoms with E-state index in [0.29, 0.717) is 32.5 Å². The van der Waals surface area contributed by atoms with Gasteiger partial charge >= 0.3 is 0 Å². The Morgan fingerprint density at radius 2 is 2.14 bits per heavy atom. The Bertz CT molecular complexity index is 619. The fourth-order valence-corrected chi connectivity index (χ4v) is 4.05. The lowest BCUT2D eigenvalue weighted by atomic mass is 10.1. The Hall–Kier alpha value is -1.47. The van der Waals surface area contributed by atoms with Crippen LogP contribution >= 0.6 is 0 Å². The number of amides is 1. The maximum Gasteiger partial charge on any atom is 0.220 e. The van der Waals surface area contributed by atoms with Crippen LogP contribution in [0.4, 0.5) is 4.39 Å². The van der Waals surface area contributed by atoms with Crippen LogP contribution in [0, 0.1) is 5.82 Å². The highest BCUT2D eigenvalue weighted by atomic mass is 32.2. The van der Waals surface area contributed by atoms with Crippen molar-refractivity contribution >= 4 is 15.9 Å². The van der Waals surface area contributed by atoms with Crippen LogP contribution in [0.15, 0.2) is 24.3 Å². The van der Waals surface area contributed by atoms with Crippen LogP contribution in [-0.4, -0.2) is 44.0 Å². The van der Waals surface area contributed by atoms with Crippen LogP contribution in [0.3, 0.4) is 0 Å². The standard InChI is InChI=1S/C15H21FN2O3S/c16-14-5-3-4-13(12-14)6-7-15(19)17-8-10-18-9-1-2-11-22(18,20)21/h3-5,12H,1-2,6-11H2,(H,17,19). The van der Waals surface area contributed by atoms with E-state index >= 15 is 0 Å². The highest BCUT2D eigenvalue weighted by Gasteiger charge is 2.24. The van der Waals surface area contributed by atoms with Gasteiger partial charge in [0, 0.05) is 26.1 Å². The monoisotopic (exact) mass is 328 g/mol. The zero-order valence-electron chi connectivity index (χ0n) is 12.4. The van der Waals surface area contributed by atoms with Gasteiger partial charge in [-0.05, 0) is 37.0 Å². The first-order valence-electron chi connectivity index (χ1n) is 7.46. The van der Waals surface area contributed by atoms with Crippen molar-refractivity contribution in [1.82, 2.24) is 9.62 Å². The second-order valence-electron chi connectivity index (χ2n) is 5.40. The van der Waals surface area contributed by atoms with Crippen molar-refractivity contribution in [2.75, 3.05) is 25.4 Å². The molecule has 122 valence electrons. The molecule has 1 amide bonds. The average molecular weight is 328 g/mol. The van der Waals surface area contributed by atoms with Crippen LogP contribution in [0.1, 0.15) is 24.8 Å². The van der Waals surface area contributed by atoms with E-state index in [-0.39, 0.29) is 23.9 Å². The Labute approximate surface area is 130 Å². The van der Waals surface area contributed by atoms with Crippen molar-refractivity contribution in [3.63, 3.8) is 0 Å². The summed E-state index contributed by atoms with van der Waals surface area (Å²) in [6.07, 6.45) is 2.30. The van der Waals surface area contributed by atoms with Crippen molar-refractivity contribution in [3.05, 3.63) is 35.6 Å². The second-order valence-corrected chi connectivity index (χ2v) is 7.49. The molecule has 2 rings (SSSR count). The average Bonchev–Trinajstić information content (AvgIpc) is 2.47. The molecule has 0 bridgehead atoms. The maximum atomic E-state index is 13.0. The van der Waals surface area contributed by atoms with Crippen LogP contribution < -0.4 is 5.32 Å². The van der Waals surface area contributed by atoms with Gasteiger partial charge < -0.3 is 5.32 Å². The highest BCUT2D eigenvalue weighted by molar-refractivity contribution is 7.89. The maximum absolute atomic E-state index is 13.0. The number of sulfonamides is 1. The van der Waals surface area contributed by atoms with Crippen molar-refractivity contribution in [3.8, 4) is 0 Å². The van der Waals surface area contributed by atoms with Gasteiger partial charge in [-0.15, -0.1) is 0 Å². The van der Waals surface area contributed by atoms with E-state index in [1.807, 2.05) is 0 Å². The van der Waals surface area contributed by atoms with Gasteiger partial charge in [-0.2, -0.15) is 0 Å². The molecule has 1 N–H and O–H groups in total. The lowest BCUT2D eigenvalue weighted by Crippen LogP contribution is -2.42. The molecule has 1 aliphatic heterocycles. The number of rotatable bonds is 6. The molecule has 7 heteroatoms. The summed E-state index contributed by atoms with van der Waals surface area (Å²) in [7, 11) is -3.14. The number of hydrogen-bond acceptors (Lipinski definition) is 3. The van der Waals surface area contributed by atoms with Crippen LogP contribution in [-0.2, 0) is 21.2 Å². The summed E-state index contributed by atoms with van der Waals surface area (Å²) in [6.45, 7) is 1.15. The molecule has 1 fully saturated rings. The first kappa shape index (κ1) is 16.9. The molecule has 1 heterocycles. The van der Waals surface area contributed by atoms with E-state index in [0.717, 1.165) is 12.0 Å². The minimum atomic E-state index is -3.14. The molecule has 1 aromatic carbocycles. The lowest BCUT2D eigenvalue weighted by molar-refractivity contribution is -0.121. The second kappa shape index (κ2) is 7.69. The molecule has 0 saturated carbocycles. The molecule has 1 aromatic rings. The summed E-state index contributed by atoms with van der Waals surface area (Å²) >= 11 is 0. The van der Waals surface area contributed by atoms with E-state index in [1.165, 1.54) is 16.4 Å². The van der Waals surface area contributed by atoms with Gasteiger partial charge in [0.15, 0.2) is 0 Å². The summed E-state index contributed by atoms with van der Waals surface area (Å²) in [5, 5.41) is 2.71. The normalized spacial score (nSPS) is 18.0. The predicted octanol–water partition coefficient (Wildman–Crippen LogP) is 1.30. The Morgan fingerprint density at radius 3 is 2.86 bits per heavy atom. The molecule has 0 radical (unpaired) electrons. The van der Waals surface area contributed by atoms with Crippen molar-refractivity contribution in [2.24, 2.45) is 0 Å². The molecule has 0 aliphatic carbocycles. The molecule has 0 unspecified atom stereocenters. The Balaban J connectivity index is 1.69. The summed E-state index contributed by atoms with van der Waals surface area (Å²) in [5.74, 6) is -0.271. The minimum absolute atomic E-state index is 0.154. The largest absolute Gasteiger partial charge is 0.355 e. The molecule has 0 spiro atoms. The van der Waals surface area contributed by atoms with Gasteiger partial charge in [0.25, 0.3) is 0 Å². The third-order valence-corrected chi connectivity index (χ3v) is 5.62. The van der Waals surface area contributed by atoms with Gasteiger partial charge in [-0.1, -0.05) is 12.1 Å². The number of nitrogens with one attached hydrogen (secondary N) is 1. The van der Waals surface area contributed by atoms with E-state index in [1.54, 1.807) is 12.1 Å². The lowest BCUT2D eigenvalue weighted by Gasteiger charge is -2.26. The molecule has 1 aliphatic rings. The van der Waals surface area contributed by atoms with Gasteiger partial charge in [0.05, 0.1) is 5.75 Å². The quantitative estimate of drug-likeness (QED) is 0.856. The van der Waals surface area contributed by atoms with Gasteiger partial charge in [0.1, 0.15) is 5.82 Å². The fraction of sp³-hybridized carbons (Fsp3) is 0.533. The number of aryl methyl sites for hydroxylation is 1. The Morgan fingerprint density at radius 1 is 1.32 bits per heavy atom. The number of carbonyl (C=O) groups is 1. The summed E-state index contributed by atoms with van der Waals surface area (Å²) in [5.41, 5.74) is 0.772. The first-order chi connectivity index (χ1) is 10.5. The molecular formula is C15H21FN2O3S. The van der Waals surface area contributed by atoms with Crippen LogP contribution in [0.25, 0.3) is 0 Å². The number of benzene rings is 1. The highest BCUT2D eigenvalue weighted by Crippen LogP contribution is 2.12. The fourth-order valence-electron chi connectivity index (χ4n) is 2.45. The summed E-state index contributed by atoms with van der Waals surface area (Å²) < 4.78 is 38.0. The smallest absolute Gasteiger partial charge is 0.220 e. The van der Waals surface area contributed by atoms with Gasteiger partial charge in [-0.25, -0.2) is 17.1 Å². The van der Waals surface area contributed by atoms with Gasteiger partial charge in [0.2, 0.25) is 15.9 Å². The third kappa shape index (κ3) is 5.06. The number of hydrogen-bond donors (Lipinski definition) is 1. The SMILES string of the molecule is O=C(CCc1cccc(F)c1)NCCN1CCCCS1(=O)=O. The van der Waals surface area contributed by atoms with E-state index in [2.05, 4.69) is 5.32 Å². The van der Waals surface area contributed by atoms with Crippen molar-refractivity contribution in [2.45, 2.75) is 25.7 Å². The van der Waals surface area contributed by atoms with Gasteiger partial charge in [-0.3, -0.25) is 4.79 Å². The number of carbonyl (C=O) groups excluding carboxylic acids is 1. The predicted molar refractivity (Wildman–Crippen MR) is 82.3 cm³/mol. The van der Waals surface area contributed by atoms with Crippen LogP contribution in [0.5, 0.6) is 0 Å². The number of nitrogens with zero attached hydrogens (tertiary/aromatic N) is 1. The molecule has 1 saturated heterocycles. The van der Waals surface area contributed by atoms with Crippen molar-refractivity contribution in [1.29, 1.82) is 0 Å². The van der Waals surface area contributed by atoms with E-state index in [4.69, 9.17) is 0 Å². The topological polar surface area (TPSA) is 66.5 Å². The van der Waals surface area contributed by atoms with E-state index < -0.39 is 10.0 Å². The molecule has 0 aromatic heterocycles. The Kier molecular flexibility index (Phi) is 5.90. The van der Waals surface area contributed by atoms with Crippen molar-refractivity contribution < 1.29 is 17.6 Å². The zero-order chi connectivity index (χ0) is 16.0. The van der Waals surface area contributed by atoms with Crippen LogP contribution in [0.2, 0.25) is 0 Å². The molecular weight excluding hydrogens is 307 g/mol. The zero-order valence-corrected chi connectivity index (χ0v) is 13.2.